The van der Waals surface area contributed by atoms with Crippen molar-refractivity contribution in [2.75, 3.05) is 6.54 Å². The Hall–Kier alpha value is -2.86. The van der Waals surface area contributed by atoms with Gasteiger partial charge in [0.15, 0.2) is 0 Å². The lowest BCUT2D eigenvalue weighted by Gasteiger charge is -1.96. The number of hydrogen-bond donors (Lipinski definition) is 1. The van der Waals surface area contributed by atoms with Gasteiger partial charge in [0, 0.05) is 31.5 Å². The molecule has 0 spiro atoms. The molecule has 0 unspecified atom stereocenters. The van der Waals surface area contributed by atoms with Crippen LogP contribution in [0.3, 0.4) is 0 Å². The summed E-state index contributed by atoms with van der Waals surface area (Å²) in [5.41, 5.74) is 0.221. The standard InChI is InChI=1S/C13H11N3O3/c1-10(17)15-7-3-2-4-11-5-6-12(9-14)13(8-11)16(18)19/h5-6,8H,3,7H2,1H3,(H,15,17). The monoisotopic (exact) mass is 257 g/mol. The average molecular weight is 257 g/mol. The zero-order chi connectivity index (χ0) is 14.3. The van der Waals surface area contributed by atoms with Gasteiger partial charge in [-0.1, -0.05) is 11.8 Å². The molecule has 0 aliphatic heterocycles. The zero-order valence-electron chi connectivity index (χ0n) is 10.3. The maximum Gasteiger partial charge on any atom is 0.288 e. The smallest absolute Gasteiger partial charge is 0.288 e. The second kappa shape index (κ2) is 6.77. The minimum Gasteiger partial charge on any atom is -0.355 e. The van der Waals surface area contributed by atoms with Gasteiger partial charge in [-0.2, -0.15) is 5.26 Å². The SMILES string of the molecule is CC(=O)NCCC#Cc1ccc(C#N)c([N+](=O)[O-])c1. The Kier molecular flexibility index (Phi) is 5.06. The summed E-state index contributed by atoms with van der Waals surface area (Å²) in [6.45, 7) is 1.85. The lowest BCUT2D eigenvalue weighted by molar-refractivity contribution is -0.385. The number of nitriles is 1. The predicted molar refractivity (Wildman–Crippen MR) is 68.0 cm³/mol. The van der Waals surface area contributed by atoms with Crippen LogP contribution in [0.15, 0.2) is 18.2 Å². The molecule has 0 aliphatic rings. The summed E-state index contributed by atoms with van der Waals surface area (Å²) >= 11 is 0. The van der Waals surface area contributed by atoms with Crippen LogP contribution in [0.2, 0.25) is 0 Å². The van der Waals surface area contributed by atoms with Gasteiger partial charge in [-0.25, -0.2) is 0 Å². The number of carbonyl (C=O) groups is 1. The molecule has 6 heteroatoms. The van der Waals surface area contributed by atoms with Crippen molar-refractivity contribution in [2.24, 2.45) is 0 Å². The van der Waals surface area contributed by atoms with E-state index in [-0.39, 0.29) is 17.2 Å². The zero-order valence-corrected chi connectivity index (χ0v) is 10.3. The summed E-state index contributed by atoms with van der Waals surface area (Å²) < 4.78 is 0. The molecule has 0 saturated heterocycles. The Balaban J connectivity index is 2.78. The predicted octanol–water partition coefficient (Wildman–Crippen LogP) is 1.34. The molecule has 1 aromatic rings. The Morgan fingerprint density at radius 3 is 2.84 bits per heavy atom. The maximum absolute atomic E-state index is 10.7. The van der Waals surface area contributed by atoms with Crippen molar-refractivity contribution in [3.05, 3.63) is 39.4 Å². The number of nitro groups is 1. The van der Waals surface area contributed by atoms with Gasteiger partial charge in [0.2, 0.25) is 5.91 Å². The van der Waals surface area contributed by atoms with Crippen molar-refractivity contribution in [1.82, 2.24) is 5.32 Å². The van der Waals surface area contributed by atoms with Crippen molar-refractivity contribution in [2.45, 2.75) is 13.3 Å². The minimum absolute atomic E-state index is 0.00814. The molecule has 0 aliphatic carbocycles. The molecule has 0 saturated carbocycles. The first kappa shape index (κ1) is 14.2. The van der Waals surface area contributed by atoms with E-state index >= 15 is 0 Å². The van der Waals surface area contributed by atoms with Crippen LogP contribution in [0.1, 0.15) is 24.5 Å². The fourth-order valence-electron chi connectivity index (χ4n) is 1.32. The van der Waals surface area contributed by atoms with Gasteiger partial charge in [-0.3, -0.25) is 14.9 Å². The molecule has 1 rings (SSSR count). The van der Waals surface area contributed by atoms with Crippen LogP contribution >= 0.6 is 0 Å². The molecule has 1 aromatic carbocycles. The summed E-state index contributed by atoms with van der Waals surface area (Å²) in [5.74, 6) is 5.41. The lowest BCUT2D eigenvalue weighted by atomic mass is 10.1. The molecule has 0 atom stereocenters. The first-order valence-electron chi connectivity index (χ1n) is 5.46. The topological polar surface area (TPSA) is 96.0 Å². The highest BCUT2D eigenvalue weighted by atomic mass is 16.6. The minimum atomic E-state index is -0.610. The molecule has 6 nitrogen and oxygen atoms in total. The number of hydrogen-bond acceptors (Lipinski definition) is 4. The quantitative estimate of drug-likeness (QED) is 0.382. The molecule has 19 heavy (non-hydrogen) atoms. The van der Waals surface area contributed by atoms with Crippen molar-refractivity contribution in [3.63, 3.8) is 0 Å². The first-order chi connectivity index (χ1) is 9.04. The second-order valence-corrected chi connectivity index (χ2v) is 3.64. The van der Waals surface area contributed by atoms with Crippen molar-refractivity contribution in [1.29, 1.82) is 5.26 Å². The molecule has 1 amide bonds. The summed E-state index contributed by atoms with van der Waals surface area (Å²) in [7, 11) is 0. The Bertz CT molecular complexity index is 606. The van der Waals surface area contributed by atoms with Crippen LogP contribution in [-0.4, -0.2) is 17.4 Å². The van der Waals surface area contributed by atoms with Crippen molar-refractivity contribution < 1.29 is 9.72 Å². The first-order valence-corrected chi connectivity index (χ1v) is 5.46. The summed E-state index contributed by atoms with van der Waals surface area (Å²) in [6.07, 6.45) is 0.452. The van der Waals surface area contributed by atoms with Gasteiger partial charge in [-0.15, -0.1) is 0 Å². The van der Waals surface area contributed by atoms with Crippen LogP contribution in [-0.2, 0) is 4.79 Å². The lowest BCUT2D eigenvalue weighted by Crippen LogP contribution is -2.20. The van der Waals surface area contributed by atoms with Crippen molar-refractivity contribution in [3.8, 4) is 17.9 Å². The molecular weight excluding hydrogens is 246 g/mol. The van der Waals surface area contributed by atoms with E-state index in [0.717, 1.165) is 0 Å². The van der Waals surface area contributed by atoms with E-state index in [1.54, 1.807) is 12.1 Å². The van der Waals surface area contributed by atoms with E-state index < -0.39 is 4.92 Å². The molecule has 0 fully saturated rings. The van der Waals surface area contributed by atoms with E-state index in [2.05, 4.69) is 17.2 Å². The van der Waals surface area contributed by atoms with Gasteiger partial charge >= 0.3 is 0 Å². The third-order valence-electron chi connectivity index (χ3n) is 2.17. The van der Waals surface area contributed by atoms with Crippen LogP contribution in [0.4, 0.5) is 5.69 Å². The molecule has 0 radical (unpaired) electrons. The van der Waals surface area contributed by atoms with E-state index in [9.17, 15) is 14.9 Å². The van der Waals surface area contributed by atoms with Crippen LogP contribution in [0.5, 0.6) is 0 Å². The molecular formula is C13H11N3O3. The molecule has 0 aromatic heterocycles. The summed E-state index contributed by atoms with van der Waals surface area (Å²) in [6, 6.07) is 5.95. The van der Waals surface area contributed by atoms with Crippen LogP contribution in [0.25, 0.3) is 0 Å². The molecule has 0 bridgehead atoms. The van der Waals surface area contributed by atoms with E-state index in [4.69, 9.17) is 5.26 Å². The number of carbonyl (C=O) groups excluding carboxylic acids is 1. The number of nitrogens with zero attached hydrogens (tertiary/aromatic N) is 2. The fourth-order valence-corrected chi connectivity index (χ4v) is 1.32. The fraction of sp³-hybridized carbons (Fsp3) is 0.231. The second-order valence-electron chi connectivity index (χ2n) is 3.64. The summed E-state index contributed by atoms with van der Waals surface area (Å²) in [4.78, 5) is 20.7. The van der Waals surface area contributed by atoms with E-state index in [0.29, 0.717) is 18.5 Å². The summed E-state index contributed by atoms with van der Waals surface area (Å²) in [5, 5.41) is 22.1. The van der Waals surface area contributed by atoms with E-state index in [1.807, 2.05) is 0 Å². The average Bonchev–Trinajstić information content (AvgIpc) is 2.37. The highest BCUT2D eigenvalue weighted by Gasteiger charge is 2.13. The van der Waals surface area contributed by atoms with Crippen LogP contribution < -0.4 is 5.32 Å². The highest BCUT2D eigenvalue weighted by Crippen LogP contribution is 2.18. The van der Waals surface area contributed by atoms with Gasteiger partial charge in [-0.05, 0) is 12.1 Å². The number of amides is 1. The van der Waals surface area contributed by atoms with Crippen molar-refractivity contribution >= 4 is 11.6 Å². The molecule has 0 heterocycles. The number of nitro benzene ring substituents is 1. The Morgan fingerprint density at radius 2 is 2.26 bits per heavy atom. The van der Waals surface area contributed by atoms with Gasteiger partial charge in [0.25, 0.3) is 5.69 Å². The van der Waals surface area contributed by atoms with Gasteiger partial charge < -0.3 is 5.32 Å². The Morgan fingerprint density at radius 1 is 1.53 bits per heavy atom. The normalized spacial score (nSPS) is 8.84. The van der Waals surface area contributed by atoms with Gasteiger partial charge in [0.1, 0.15) is 11.6 Å². The number of nitrogens with one attached hydrogen (secondary N) is 1. The third-order valence-corrected chi connectivity index (χ3v) is 2.17. The van der Waals surface area contributed by atoms with Crippen LogP contribution in [0, 0.1) is 33.3 Å². The number of rotatable bonds is 3. The highest BCUT2D eigenvalue weighted by molar-refractivity contribution is 5.72. The Labute approximate surface area is 110 Å². The largest absolute Gasteiger partial charge is 0.355 e. The van der Waals surface area contributed by atoms with Gasteiger partial charge in [0.05, 0.1) is 4.92 Å². The van der Waals surface area contributed by atoms with E-state index in [1.165, 1.54) is 19.1 Å². The molecule has 96 valence electrons. The maximum atomic E-state index is 10.7. The number of benzene rings is 1. The molecule has 1 N–H and O–H groups in total. The third kappa shape index (κ3) is 4.49.